The molecule has 4 rings (SSSR count). The SMILES string of the molecule is Cn1cc(-c2nc(C(=O)N3CCCN(S(=O)(=O)c4ccc(F)cc4)CC3)cs2)cn1. The molecule has 0 unspecified atom stereocenters. The number of carbonyl (C=O) groups excluding carboxylic acids is 1. The zero-order chi connectivity index (χ0) is 21.3. The van der Waals surface area contributed by atoms with Gasteiger partial charge in [-0.2, -0.15) is 9.40 Å². The molecule has 1 amide bonds. The van der Waals surface area contributed by atoms with Crippen LogP contribution in [0.5, 0.6) is 0 Å². The van der Waals surface area contributed by atoms with Gasteiger partial charge in [0.2, 0.25) is 10.0 Å². The number of aromatic nitrogens is 3. The van der Waals surface area contributed by atoms with Crippen molar-refractivity contribution in [3.05, 3.63) is 53.6 Å². The summed E-state index contributed by atoms with van der Waals surface area (Å²) in [6.07, 6.45) is 4.03. The van der Waals surface area contributed by atoms with E-state index in [4.69, 9.17) is 0 Å². The molecule has 8 nitrogen and oxygen atoms in total. The van der Waals surface area contributed by atoms with Gasteiger partial charge in [0.1, 0.15) is 16.5 Å². The molecule has 0 N–H and O–H groups in total. The molecule has 3 heterocycles. The number of amides is 1. The van der Waals surface area contributed by atoms with Gasteiger partial charge in [-0.25, -0.2) is 17.8 Å². The maximum absolute atomic E-state index is 13.1. The maximum Gasteiger partial charge on any atom is 0.273 e. The summed E-state index contributed by atoms with van der Waals surface area (Å²) in [6, 6.07) is 4.77. The lowest BCUT2D eigenvalue weighted by Crippen LogP contribution is -2.37. The lowest BCUT2D eigenvalue weighted by Gasteiger charge is -2.21. The minimum Gasteiger partial charge on any atom is -0.336 e. The summed E-state index contributed by atoms with van der Waals surface area (Å²) in [4.78, 5) is 19.0. The maximum atomic E-state index is 13.1. The van der Waals surface area contributed by atoms with E-state index in [1.807, 2.05) is 13.2 Å². The first kappa shape index (κ1) is 20.6. The number of hydrogen-bond acceptors (Lipinski definition) is 6. The van der Waals surface area contributed by atoms with Crippen LogP contribution in [0.1, 0.15) is 16.9 Å². The molecule has 0 spiro atoms. The predicted octanol–water partition coefficient (Wildman–Crippen LogP) is 2.22. The standard InChI is InChI=1S/C19H20FN5O3S2/c1-23-12-14(11-21-23)18-22-17(13-29-18)19(26)24-7-2-8-25(10-9-24)30(27,28)16-5-3-15(20)4-6-16/h3-6,11-13H,2,7-10H2,1H3. The van der Waals surface area contributed by atoms with Crippen molar-refractivity contribution in [2.24, 2.45) is 7.05 Å². The summed E-state index contributed by atoms with van der Waals surface area (Å²) >= 11 is 1.37. The van der Waals surface area contributed by atoms with Crippen LogP contribution in [0.3, 0.4) is 0 Å². The average Bonchev–Trinajstić information content (AvgIpc) is 3.30. The van der Waals surface area contributed by atoms with E-state index in [0.29, 0.717) is 30.2 Å². The molecule has 0 saturated carbocycles. The zero-order valence-electron chi connectivity index (χ0n) is 16.2. The van der Waals surface area contributed by atoms with E-state index in [1.165, 1.54) is 27.8 Å². The van der Waals surface area contributed by atoms with Gasteiger partial charge < -0.3 is 4.90 Å². The second-order valence-electron chi connectivity index (χ2n) is 6.94. The van der Waals surface area contributed by atoms with Gasteiger partial charge in [0.25, 0.3) is 5.91 Å². The quantitative estimate of drug-likeness (QED) is 0.609. The average molecular weight is 450 g/mol. The number of benzene rings is 1. The summed E-state index contributed by atoms with van der Waals surface area (Å²) in [5.41, 5.74) is 1.18. The van der Waals surface area contributed by atoms with Gasteiger partial charge in [0, 0.05) is 50.4 Å². The largest absolute Gasteiger partial charge is 0.336 e. The van der Waals surface area contributed by atoms with Crippen LogP contribution in [-0.4, -0.2) is 64.5 Å². The van der Waals surface area contributed by atoms with Crippen LogP contribution >= 0.6 is 11.3 Å². The smallest absolute Gasteiger partial charge is 0.273 e. The van der Waals surface area contributed by atoms with Gasteiger partial charge in [-0.1, -0.05) is 0 Å². The fraction of sp³-hybridized carbons (Fsp3) is 0.316. The van der Waals surface area contributed by atoms with Crippen molar-refractivity contribution in [1.29, 1.82) is 0 Å². The van der Waals surface area contributed by atoms with Gasteiger partial charge in [0.05, 0.1) is 11.1 Å². The van der Waals surface area contributed by atoms with E-state index in [2.05, 4.69) is 10.1 Å². The van der Waals surface area contributed by atoms with Crippen molar-refractivity contribution in [3.8, 4) is 10.6 Å². The molecule has 1 aromatic carbocycles. The number of rotatable bonds is 4. The van der Waals surface area contributed by atoms with Crippen molar-refractivity contribution in [1.82, 2.24) is 24.0 Å². The van der Waals surface area contributed by atoms with Gasteiger partial charge in [-0.05, 0) is 30.7 Å². The van der Waals surface area contributed by atoms with E-state index < -0.39 is 15.8 Å². The first-order valence-corrected chi connectivity index (χ1v) is 11.7. The minimum absolute atomic E-state index is 0.0456. The molecule has 11 heteroatoms. The number of halogens is 1. The highest BCUT2D eigenvalue weighted by Crippen LogP contribution is 2.24. The number of carbonyl (C=O) groups is 1. The molecule has 0 bridgehead atoms. The van der Waals surface area contributed by atoms with Crippen LogP contribution < -0.4 is 0 Å². The first-order valence-electron chi connectivity index (χ1n) is 9.34. The Morgan fingerprint density at radius 3 is 2.60 bits per heavy atom. The highest BCUT2D eigenvalue weighted by molar-refractivity contribution is 7.89. The van der Waals surface area contributed by atoms with Crippen molar-refractivity contribution in [2.45, 2.75) is 11.3 Å². The van der Waals surface area contributed by atoms with Crippen molar-refractivity contribution < 1.29 is 17.6 Å². The number of sulfonamides is 1. The third-order valence-electron chi connectivity index (χ3n) is 4.87. The lowest BCUT2D eigenvalue weighted by molar-refractivity contribution is 0.0759. The normalized spacial score (nSPS) is 15.9. The predicted molar refractivity (Wildman–Crippen MR) is 110 cm³/mol. The molecular formula is C19H20FN5O3S2. The van der Waals surface area contributed by atoms with Gasteiger partial charge in [0.15, 0.2) is 0 Å². The number of hydrogen-bond donors (Lipinski definition) is 0. The molecule has 158 valence electrons. The Bertz CT molecular complexity index is 1160. The minimum atomic E-state index is -3.74. The molecular weight excluding hydrogens is 429 g/mol. The molecule has 1 saturated heterocycles. The van der Waals surface area contributed by atoms with Crippen LogP contribution in [-0.2, 0) is 17.1 Å². The molecule has 2 aromatic heterocycles. The summed E-state index contributed by atoms with van der Waals surface area (Å²) in [6.45, 7) is 1.17. The molecule has 0 aliphatic carbocycles. The highest BCUT2D eigenvalue weighted by Gasteiger charge is 2.29. The van der Waals surface area contributed by atoms with E-state index in [9.17, 15) is 17.6 Å². The Morgan fingerprint density at radius 2 is 1.90 bits per heavy atom. The molecule has 30 heavy (non-hydrogen) atoms. The fourth-order valence-electron chi connectivity index (χ4n) is 3.29. The Kier molecular flexibility index (Phi) is 5.67. The molecule has 0 radical (unpaired) electrons. The summed E-state index contributed by atoms with van der Waals surface area (Å²) < 4.78 is 41.8. The monoisotopic (exact) mass is 449 g/mol. The number of nitrogens with zero attached hydrogens (tertiary/aromatic N) is 5. The molecule has 1 aliphatic heterocycles. The summed E-state index contributed by atoms with van der Waals surface area (Å²) in [5.74, 6) is -0.710. The van der Waals surface area contributed by atoms with Crippen LogP contribution in [0.4, 0.5) is 4.39 Å². The van der Waals surface area contributed by atoms with E-state index in [0.717, 1.165) is 17.7 Å². The first-order chi connectivity index (χ1) is 14.3. The van der Waals surface area contributed by atoms with Crippen LogP contribution in [0.2, 0.25) is 0 Å². The van der Waals surface area contributed by atoms with Crippen molar-refractivity contribution in [2.75, 3.05) is 26.2 Å². The Balaban J connectivity index is 1.46. The lowest BCUT2D eigenvalue weighted by atomic mass is 10.3. The molecule has 3 aromatic rings. The Labute approximate surface area is 177 Å². The van der Waals surface area contributed by atoms with Crippen LogP contribution in [0.15, 0.2) is 46.9 Å². The van der Waals surface area contributed by atoms with Gasteiger partial charge >= 0.3 is 0 Å². The second-order valence-corrected chi connectivity index (χ2v) is 9.74. The third-order valence-corrected chi connectivity index (χ3v) is 7.67. The number of thiazole rings is 1. The molecule has 0 atom stereocenters. The van der Waals surface area contributed by atoms with Crippen molar-refractivity contribution in [3.63, 3.8) is 0 Å². The Hall–Kier alpha value is -2.63. The summed E-state index contributed by atoms with van der Waals surface area (Å²) in [5, 5.41) is 6.54. The fourth-order valence-corrected chi connectivity index (χ4v) is 5.53. The van der Waals surface area contributed by atoms with E-state index >= 15 is 0 Å². The van der Waals surface area contributed by atoms with E-state index in [1.54, 1.807) is 21.2 Å². The highest BCUT2D eigenvalue weighted by atomic mass is 32.2. The van der Waals surface area contributed by atoms with Gasteiger partial charge in [-0.15, -0.1) is 11.3 Å². The third kappa shape index (κ3) is 4.13. The topological polar surface area (TPSA) is 88.4 Å². The molecule has 1 fully saturated rings. The van der Waals surface area contributed by atoms with E-state index in [-0.39, 0.29) is 23.9 Å². The second kappa shape index (κ2) is 8.25. The Morgan fingerprint density at radius 1 is 1.13 bits per heavy atom. The van der Waals surface area contributed by atoms with Crippen LogP contribution in [0.25, 0.3) is 10.6 Å². The number of aryl methyl sites for hydroxylation is 1. The molecule has 1 aliphatic rings. The van der Waals surface area contributed by atoms with Crippen LogP contribution in [0, 0.1) is 5.82 Å². The summed E-state index contributed by atoms with van der Waals surface area (Å²) in [7, 11) is -1.93. The van der Waals surface area contributed by atoms with Crippen molar-refractivity contribution >= 4 is 27.3 Å². The van der Waals surface area contributed by atoms with Gasteiger partial charge in [-0.3, -0.25) is 9.48 Å². The zero-order valence-corrected chi connectivity index (χ0v) is 17.9.